The van der Waals surface area contributed by atoms with Crippen molar-refractivity contribution in [2.75, 3.05) is 0 Å². The fourth-order valence-electron chi connectivity index (χ4n) is 2.88. The number of rotatable bonds is 4. The van der Waals surface area contributed by atoms with E-state index in [1.165, 1.54) is 0 Å². The van der Waals surface area contributed by atoms with Gasteiger partial charge in [0.1, 0.15) is 5.82 Å². The SMILES string of the molecule is Cc1ccn(-c2cc(-c3cc(F)cc(CC(C)C)c3)ccc2P)n1. The average molecular weight is 340 g/mol. The minimum absolute atomic E-state index is 0.186. The molecule has 0 saturated carbocycles. The van der Waals surface area contributed by atoms with Crippen LogP contribution in [0.4, 0.5) is 4.39 Å². The van der Waals surface area contributed by atoms with Gasteiger partial charge in [-0.25, -0.2) is 9.07 Å². The molecular weight excluding hydrogens is 318 g/mol. The minimum Gasteiger partial charge on any atom is -0.240 e. The molecule has 0 N–H and O–H groups in total. The van der Waals surface area contributed by atoms with Gasteiger partial charge in [0.15, 0.2) is 0 Å². The third kappa shape index (κ3) is 3.73. The highest BCUT2D eigenvalue weighted by Crippen LogP contribution is 2.25. The first-order valence-corrected chi connectivity index (χ1v) is 8.72. The van der Waals surface area contributed by atoms with Crippen molar-refractivity contribution in [1.29, 1.82) is 0 Å². The van der Waals surface area contributed by atoms with Crippen molar-refractivity contribution in [2.24, 2.45) is 5.92 Å². The molecule has 0 amide bonds. The molecule has 2 aromatic carbocycles. The molecule has 0 bridgehead atoms. The number of halogens is 1. The van der Waals surface area contributed by atoms with E-state index >= 15 is 0 Å². The van der Waals surface area contributed by atoms with Gasteiger partial charge in [0, 0.05) is 6.20 Å². The van der Waals surface area contributed by atoms with Gasteiger partial charge in [0.25, 0.3) is 0 Å². The Morgan fingerprint density at radius 3 is 2.54 bits per heavy atom. The van der Waals surface area contributed by atoms with Gasteiger partial charge in [-0.05, 0) is 65.5 Å². The molecule has 3 aromatic rings. The standard InChI is InChI=1S/C20H22FN2P/c1-13(2)8-15-9-17(11-18(21)10-15)16-4-5-20(24)19(12-16)23-7-6-14(3)22-23/h4-7,9-13H,8,24H2,1-3H3. The fourth-order valence-corrected chi connectivity index (χ4v) is 3.19. The van der Waals surface area contributed by atoms with Crippen molar-refractivity contribution >= 4 is 14.5 Å². The fraction of sp³-hybridized carbons (Fsp3) is 0.250. The Morgan fingerprint density at radius 1 is 1.08 bits per heavy atom. The number of hydrogen-bond acceptors (Lipinski definition) is 1. The lowest BCUT2D eigenvalue weighted by atomic mass is 9.97. The Hall–Kier alpha value is -1.99. The molecule has 1 heterocycles. The number of nitrogens with zero attached hydrogens (tertiary/aromatic N) is 2. The second-order valence-electron chi connectivity index (χ2n) is 6.62. The summed E-state index contributed by atoms with van der Waals surface area (Å²) in [4.78, 5) is 0. The highest BCUT2D eigenvalue weighted by atomic mass is 31.0. The lowest BCUT2D eigenvalue weighted by Gasteiger charge is -2.12. The lowest BCUT2D eigenvalue weighted by Crippen LogP contribution is -2.07. The molecule has 1 unspecified atom stereocenters. The summed E-state index contributed by atoms with van der Waals surface area (Å²) in [5.74, 6) is 0.311. The molecule has 0 aliphatic heterocycles. The van der Waals surface area contributed by atoms with Gasteiger partial charge in [-0.3, -0.25) is 0 Å². The van der Waals surface area contributed by atoms with E-state index in [-0.39, 0.29) is 5.82 Å². The topological polar surface area (TPSA) is 17.8 Å². The predicted octanol–water partition coefficient (Wildman–Crippen LogP) is 4.69. The summed E-state index contributed by atoms with van der Waals surface area (Å²) >= 11 is 0. The van der Waals surface area contributed by atoms with Gasteiger partial charge in [-0.2, -0.15) is 5.10 Å². The first kappa shape index (κ1) is 16.9. The Balaban J connectivity index is 2.05. The molecule has 0 radical (unpaired) electrons. The van der Waals surface area contributed by atoms with Crippen LogP contribution in [0.3, 0.4) is 0 Å². The Bertz CT molecular complexity index is 868. The third-order valence-electron chi connectivity index (χ3n) is 3.93. The summed E-state index contributed by atoms with van der Waals surface area (Å²) in [6, 6.07) is 13.4. The van der Waals surface area contributed by atoms with Gasteiger partial charge < -0.3 is 0 Å². The summed E-state index contributed by atoms with van der Waals surface area (Å²) in [5.41, 5.74) is 4.89. The van der Waals surface area contributed by atoms with Crippen molar-refractivity contribution in [3.05, 3.63) is 65.7 Å². The van der Waals surface area contributed by atoms with Gasteiger partial charge in [-0.1, -0.05) is 32.0 Å². The van der Waals surface area contributed by atoms with Crippen LogP contribution in [0.25, 0.3) is 16.8 Å². The van der Waals surface area contributed by atoms with Crippen LogP contribution in [0, 0.1) is 18.7 Å². The molecule has 0 spiro atoms. The predicted molar refractivity (Wildman–Crippen MR) is 102 cm³/mol. The summed E-state index contributed by atoms with van der Waals surface area (Å²) in [6.07, 6.45) is 2.81. The molecule has 124 valence electrons. The zero-order valence-electron chi connectivity index (χ0n) is 14.3. The number of benzene rings is 2. The summed E-state index contributed by atoms with van der Waals surface area (Å²) in [7, 11) is 2.73. The van der Waals surface area contributed by atoms with Crippen LogP contribution in [-0.2, 0) is 6.42 Å². The first-order valence-electron chi connectivity index (χ1n) is 8.14. The Morgan fingerprint density at radius 2 is 1.88 bits per heavy atom. The maximum Gasteiger partial charge on any atom is 0.124 e. The summed E-state index contributed by atoms with van der Waals surface area (Å²) < 4.78 is 15.9. The van der Waals surface area contributed by atoms with E-state index in [2.05, 4.69) is 40.3 Å². The lowest BCUT2D eigenvalue weighted by molar-refractivity contribution is 0.613. The minimum atomic E-state index is -0.186. The molecule has 0 aliphatic carbocycles. The number of aromatic nitrogens is 2. The number of aryl methyl sites for hydroxylation is 1. The molecule has 4 heteroatoms. The maximum atomic E-state index is 14.0. The summed E-state index contributed by atoms with van der Waals surface area (Å²) in [6.45, 7) is 6.26. The van der Waals surface area contributed by atoms with Crippen LogP contribution >= 0.6 is 9.24 Å². The summed E-state index contributed by atoms with van der Waals surface area (Å²) in [5, 5.41) is 5.54. The van der Waals surface area contributed by atoms with Crippen molar-refractivity contribution < 1.29 is 4.39 Å². The van der Waals surface area contributed by atoms with E-state index in [4.69, 9.17) is 0 Å². The molecule has 2 nitrogen and oxygen atoms in total. The number of hydrogen-bond donors (Lipinski definition) is 0. The maximum absolute atomic E-state index is 14.0. The van der Waals surface area contributed by atoms with Crippen LogP contribution in [0.15, 0.2) is 48.7 Å². The van der Waals surface area contributed by atoms with Gasteiger partial charge in [0.2, 0.25) is 0 Å². The molecule has 1 aromatic heterocycles. The Kier molecular flexibility index (Phi) is 4.82. The molecule has 0 aliphatic rings. The molecule has 24 heavy (non-hydrogen) atoms. The van der Waals surface area contributed by atoms with E-state index in [0.29, 0.717) is 5.92 Å². The highest BCUT2D eigenvalue weighted by molar-refractivity contribution is 7.27. The first-order chi connectivity index (χ1) is 11.4. The van der Waals surface area contributed by atoms with E-state index in [0.717, 1.165) is 39.8 Å². The second-order valence-corrected chi connectivity index (χ2v) is 7.24. The Labute approximate surface area is 144 Å². The highest BCUT2D eigenvalue weighted by Gasteiger charge is 2.09. The van der Waals surface area contributed by atoms with E-state index in [9.17, 15) is 4.39 Å². The van der Waals surface area contributed by atoms with E-state index in [1.807, 2.05) is 36.0 Å². The van der Waals surface area contributed by atoms with Crippen LogP contribution in [0.2, 0.25) is 0 Å². The van der Waals surface area contributed by atoms with Crippen molar-refractivity contribution in [3.8, 4) is 16.8 Å². The van der Waals surface area contributed by atoms with Gasteiger partial charge in [0.05, 0.1) is 11.4 Å². The van der Waals surface area contributed by atoms with Crippen LogP contribution in [0.5, 0.6) is 0 Å². The zero-order valence-corrected chi connectivity index (χ0v) is 15.4. The smallest absolute Gasteiger partial charge is 0.124 e. The molecule has 0 saturated heterocycles. The third-order valence-corrected chi connectivity index (χ3v) is 4.42. The second kappa shape index (κ2) is 6.86. The zero-order chi connectivity index (χ0) is 17.3. The van der Waals surface area contributed by atoms with E-state index < -0.39 is 0 Å². The molecule has 0 fully saturated rings. The molecule has 1 atom stereocenters. The largest absolute Gasteiger partial charge is 0.240 e. The monoisotopic (exact) mass is 340 g/mol. The van der Waals surface area contributed by atoms with Crippen LogP contribution < -0.4 is 5.30 Å². The quantitative estimate of drug-likeness (QED) is 0.630. The van der Waals surface area contributed by atoms with Crippen molar-refractivity contribution in [3.63, 3.8) is 0 Å². The molecule has 3 rings (SSSR count). The van der Waals surface area contributed by atoms with Crippen molar-refractivity contribution in [2.45, 2.75) is 27.2 Å². The van der Waals surface area contributed by atoms with Gasteiger partial charge in [-0.15, -0.1) is 9.24 Å². The van der Waals surface area contributed by atoms with E-state index in [1.54, 1.807) is 12.1 Å². The average Bonchev–Trinajstić information content (AvgIpc) is 2.92. The van der Waals surface area contributed by atoms with Crippen LogP contribution in [-0.4, -0.2) is 9.78 Å². The normalized spacial score (nSPS) is 11.2. The van der Waals surface area contributed by atoms with Gasteiger partial charge >= 0.3 is 0 Å². The molecular formula is C20H22FN2P. The van der Waals surface area contributed by atoms with Crippen LogP contribution in [0.1, 0.15) is 25.1 Å². The van der Waals surface area contributed by atoms with Crippen molar-refractivity contribution in [1.82, 2.24) is 9.78 Å².